The molecule has 0 aliphatic carbocycles. The van der Waals surface area contributed by atoms with Gasteiger partial charge in [0.15, 0.2) is 0 Å². The van der Waals surface area contributed by atoms with E-state index in [2.05, 4.69) is 4.74 Å². The van der Waals surface area contributed by atoms with Crippen LogP contribution >= 0.6 is 12.4 Å². The predicted molar refractivity (Wildman–Crippen MR) is 78.4 cm³/mol. The third-order valence-electron chi connectivity index (χ3n) is 2.80. The van der Waals surface area contributed by atoms with Crippen LogP contribution in [0, 0.1) is 0 Å². The van der Waals surface area contributed by atoms with Crippen molar-refractivity contribution in [3.05, 3.63) is 59.7 Å². The van der Waals surface area contributed by atoms with Gasteiger partial charge in [-0.3, -0.25) is 0 Å². The van der Waals surface area contributed by atoms with Crippen LogP contribution in [0.5, 0.6) is 0 Å². The Morgan fingerprint density at radius 3 is 2.37 bits per heavy atom. The Morgan fingerprint density at radius 2 is 1.79 bits per heavy atom. The molecule has 0 unspecified atom stereocenters. The number of nitrogens with two attached hydrogens (primary N) is 1. The summed E-state index contributed by atoms with van der Waals surface area (Å²) in [7, 11) is 1.38. The first-order valence-electron chi connectivity index (χ1n) is 5.72. The fourth-order valence-corrected chi connectivity index (χ4v) is 1.79. The van der Waals surface area contributed by atoms with Crippen molar-refractivity contribution in [2.45, 2.75) is 6.54 Å². The average Bonchev–Trinajstić information content (AvgIpc) is 2.46. The molecule has 2 rings (SSSR count). The number of hydrogen-bond donors (Lipinski definition) is 1. The van der Waals surface area contributed by atoms with Gasteiger partial charge in [0, 0.05) is 6.54 Å². The highest BCUT2D eigenvalue weighted by Gasteiger charge is 2.05. The molecule has 0 bridgehead atoms. The summed E-state index contributed by atoms with van der Waals surface area (Å²) >= 11 is 0. The number of benzene rings is 2. The lowest BCUT2D eigenvalue weighted by atomic mass is 10.0. The van der Waals surface area contributed by atoms with E-state index in [0.717, 1.165) is 16.7 Å². The number of carbonyl (C=O) groups excluding carboxylic acids is 1. The van der Waals surface area contributed by atoms with Crippen molar-refractivity contribution < 1.29 is 9.53 Å². The average molecular weight is 278 g/mol. The number of rotatable bonds is 3. The van der Waals surface area contributed by atoms with Crippen LogP contribution in [0.4, 0.5) is 0 Å². The Morgan fingerprint density at radius 1 is 1.11 bits per heavy atom. The zero-order valence-electron chi connectivity index (χ0n) is 10.6. The minimum Gasteiger partial charge on any atom is -0.465 e. The van der Waals surface area contributed by atoms with Gasteiger partial charge in [-0.25, -0.2) is 4.79 Å². The van der Waals surface area contributed by atoms with Crippen molar-refractivity contribution in [2.75, 3.05) is 7.11 Å². The fourth-order valence-electron chi connectivity index (χ4n) is 1.79. The summed E-state index contributed by atoms with van der Waals surface area (Å²) in [6.07, 6.45) is 0. The quantitative estimate of drug-likeness (QED) is 0.878. The van der Waals surface area contributed by atoms with Gasteiger partial charge in [-0.05, 0) is 34.9 Å². The van der Waals surface area contributed by atoms with Crippen LogP contribution < -0.4 is 5.73 Å². The normalized spacial score (nSPS) is 9.58. The number of halogens is 1. The maximum absolute atomic E-state index is 11.3. The van der Waals surface area contributed by atoms with Crippen LogP contribution in [-0.4, -0.2) is 13.1 Å². The van der Waals surface area contributed by atoms with Crippen LogP contribution in [0.3, 0.4) is 0 Å². The zero-order valence-corrected chi connectivity index (χ0v) is 11.4. The van der Waals surface area contributed by atoms with E-state index < -0.39 is 0 Å². The zero-order chi connectivity index (χ0) is 13.0. The van der Waals surface area contributed by atoms with E-state index in [9.17, 15) is 4.79 Å². The summed E-state index contributed by atoms with van der Waals surface area (Å²) in [6.45, 7) is 0.522. The van der Waals surface area contributed by atoms with E-state index in [0.29, 0.717) is 12.1 Å². The van der Waals surface area contributed by atoms with E-state index in [-0.39, 0.29) is 18.4 Å². The summed E-state index contributed by atoms with van der Waals surface area (Å²) < 4.78 is 4.66. The van der Waals surface area contributed by atoms with Crippen molar-refractivity contribution >= 4 is 18.4 Å². The summed E-state index contributed by atoms with van der Waals surface area (Å²) in [5, 5.41) is 0. The standard InChI is InChI=1S/C15H15NO2.ClH/c1-18-15(17)13-7-5-12(6-8-13)14-4-2-3-11(9-14)10-16;/h2-9H,10,16H2,1H3;1H. The summed E-state index contributed by atoms with van der Waals surface area (Å²) in [5.74, 6) is -0.322. The molecule has 19 heavy (non-hydrogen) atoms. The Labute approximate surface area is 118 Å². The topological polar surface area (TPSA) is 52.3 Å². The van der Waals surface area contributed by atoms with E-state index in [1.807, 2.05) is 36.4 Å². The van der Waals surface area contributed by atoms with E-state index in [1.165, 1.54) is 7.11 Å². The lowest BCUT2D eigenvalue weighted by Crippen LogP contribution is -2.00. The third-order valence-corrected chi connectivity index (χ3v) is 2.80. The van der Waals surface area contributed by atoms with Gasteiger partial charge in [0.1, 0.15) is 0 Å². The van der Waals surface area contributed by atoms with Crippen LogP contribution in [0.2, 0.25) is 0 Å². The Kier molecular flexibility index (Phi) is 5.55. The predicted octanol–water partition coefficient (Wildman–Crippen LogP) is 3.02. The molecule has 0 amide bonds. The lowest BCUT2D eigenvalue weighted by molar-refractivity contribution is 0.0601. The molecule has 0 aliphatic heterocycles. The van der Waals surface area contributed by atoms with Crippen molar-refractivity contribution in [1.29, 1.82) is 0 Å². The van der Waals surface area contributed by atoms with Crippen molar-refractivity contribution in [1.82, 2.24) is 0 Å². The van der Waals surface area contributed by atoms with Crippen LogP contribution in [0.15, 0.2) is 48.5 Å². The van der Waals surface area contributed by atoms with Gasteiger partial charge in [-0.15, -0.1) is 12.4 Å². The molecule has 100 valence electrons. The number of esters is 1. The van der Waals surface area contributed by atoms with Gasteiger partial charge < -0.3 is 10.5 Å². The van der Waals surface area contributed by atoms with Gasteiger partial charge in [0.25, 0.3) is 0 Å². The minimum atomic E-state index is -0.322. The molecule has 0 saturated carbocycles. The number of ether oxygens (including phenoxy) is 1. The minimum absolute atomic E-state index is 0. The molecule has 0 fully saturated rings. The molecule has 0 heterocycles. The Bertz CT molecular complexity index is 552. The number of methoxy groups -OCH3 is 1. The third kappa shape index (κ3) is 3.56. The molecule has 0 aromatic heterocycles. The van der Waals surface area contributed by atoms with Gasteiger partial charge in [-0.2, -0.15) is 0 Å². The van der Waals surface area contributed by atoms with E-state index in [1.54, 1.807) is 12.1 Å². The van der Waals surface area contributed by atoms with E-state index >= 15 is 0 Å². The molecule has 0 atom stereocenters. The van der Waals surface area contributed by atoms with Crippen molar-refractivity contribution in [3.63, 3.8) is 0 Å². The molecule has 0 saturated heterocycles. The fraction of sp³-hybridized carbons (Fsp3) is 0.133. The van der Waals surface area contributed by atoms with Crippen molar-refractivity contribution in [2.24, 2.45) is 5.73 Å². The molecule has 0 aliphatic rings. The van der Waals surface area contributed by atoms with Gasteiger partial charge in [-0.1, -0.05) is 30.3 Å². The second-order valence-corrected chi connectivity index (χ2v) is 3.97. The van der Waals surface area contributed by atoms with Crippen LogP contribution in [0.25, 0.3) is 11.1 Å². The molecule has 0 spiro atoms. The maximum Gasteiger partial charge on any atom is 0.337 e. The maximum atomic E-state index is 11.3. The summed E-state index contributed by atoms with van der Waals surface area (Å²) in [4.78, 5) is 11.3. The van der Waals surface area contributed by atoms with Crippen molar-refractivity contribution in [3.8, 4) is 11.1 Å². The van der Waals surface area contributed by atoms with Gasteiger partial charge >= 0.3 is 5.97 Å². The molecular weight excluding hydrogens is 262 g/mol. The summed E-state index contributed by atoms with van der Waals surface area (Å²) in [5.41, 5.74) is 9.40. The highest BCUT2D eigenvalue weighted by Crippen LogP contribution is 2.21. The van der Waals surface area contributed by atoms with Gasteiger partial charge in [0.2, 0.25) is 0 Å². The Hall–Kier alpha value is -1.84. The smallest absolute Gasteiger partial charge is 0.337 e. The molecule has 4 heteroatoms. The molecule has 2 aromatic rings. The first-order valence-corrected chi connectivity index (χ1v) is 5.72. The summed E-state index contributed by atoms with van der Waals surface area (Å²) in [6, 6.07) is 15.4. The van der Waals surface area contributed by atoms with Gasteiger partial charge in [0.05, 0.1) is 12.7 Å². The van der Waals surface area contributed by atoms with E-state index in [4.69, 9.17) is 5.73 Å². The largest absolute Gasteiger partial charge is 0.465 e. The molecule has 2 aromatic carbocycles. The second kappa shape index (κ2) is 6.92. The Balaban J connectivity index is 0.00000180. The number of carbonyl (C=O) groups is 1. The number of hydrogen-bond acceptors (Lipinski definition) is 3. The molecule has 3 nitrogen and oxygen atoms in total. The highest BCUT2D eigenvalue weighted by molar-refractivity contribution is 5.90. The first-order chi connectivity index (χ1) is 8.74. The lowest BCUT2D eigenvalue weighted by Gasteiger charge is -2.05. The monoisotopic (exact) mass is 277 g/mol. The molecule has 0 radical (unpaired) electrons. The van der Waals surface area contributed by atoms with Crippen LogP contribution in [-0.2, 0) is 11.3 Å². The highest BCUT2D eigenvalue weighted by atomic mass is 35.5. The SMILES string of the molecule is COC(=O)c1ccc(-c2cccc(CN)c2)cc1.Cl. The molecular formula is C15H16ClNO2. The van der Waals surface area contributed by atoms with Crippen LogP contribution in [0.1, 0.15) is 15.9 Å². The first kappa shape index (κ1) is 15.2. The second-order valence-electron chi connectivity index (χ2n) is 3.97. The molecule has 2 N–H and O–H groups in total.